The van der Waals surface area contributed by atoms with E-state index in [0.29, 0.717) is 12.5 Å². The average Bonchev–Trinajstić information content (AvgIpc) is 2.95. The molecule has 1 atom stereocenters. The summed E-state index contributed by atoms with van der Waals surface area (Å²) in [5, 5.41) is 6.43. The van der Waals surface area contributed by atoms with Gasteiger partial charge in [0, 0.05) is 16.3 Å². The van der Waals surface area contributed by atoms with Crippen LogP contribution in [0.4, 0.5) is 0 Å². The van der Waals surface area contributed by atoms with E-state index in [9.17, 15) is 4.79 Å². The van der Waals surface area contributed by atoms with Crippen LogP contribution >= 0.6 is 11.3 Å². The van der Waals surface area contributed by atoms with Gasteiger partial charge in [0.1, 0.15) is 0 Å². The van der Waals surface area contributed by atoms with Crippen LogP contribution in [0.15, 0.2) is 12.1 Å². The fraction of sp³-hybridized carbons (Fsp3) is 0.643. The van der Waals surface area contributed by atoms with Gasteiger partial charge in [0.15, 0.2) is 0 Å². The third kappa shape index (κ3) is 2.59. The second-order valence-electron chi connectivity index (χ2n) is 5.43. The van der Waals surface area contributed by atoms with Crippen LogP contribution in [0.1, 0.15) is 30.0 Å². The number of hydrogen-bond acceptors (Lipinski definition) is 3. The molecule has 1 unspecified atom stereocenters. The Labute approximate surface area is 113 Å². The van der Waals surface area contributed by atoms with Crippen LogP contribution in [-0.2, 0) is 11.3 Å². The number of carbonyl (C=O) groups is 1. The third-order valence-electron chi connectivity index (χ3n) is 3.96. The lowest BCUT2D eigenvalue weighted by Gasteiger charge is -2.31. The van der Waals surface area contributed by atoms with Crippen molar-refractivity contribution in [3.63, 3.8) is 0 Å². The topological polar surface area (TPSA) is 41.1 Å². The lowest BCUT2D eigenvalue weighted by molar-refractivity contribution is -0.132. The van der Waals surface area contributed by atoms with E-state index in [1.807, 2.05) is 0 Å². The monoisotopic (exact) mass is 266 g/mol. The van der Waals surface area contributed by atoms with Crippen molar-refractivity contribution in [3.8, 4) is 0 Å². The van der Waals surface area contributed by atoms with Gasteiger partial charge in [-0.15, -0.1) is 11.3 Å². The van der Waals surface area contributed by atoms with Crippen molar-refractivity contribution < 1.29 is 4.79 Å². The highest BCUT2D eigenvalue weighted by molar-refractivity contribution is 7.11. The van der Waals surface area contributed by atoms with Gasteiger partial charge in [-0.25, -0.2) is 0 Å². The summed E-state index contributed by atoms with van der Waals surface area (Å²) in [6, 6.07) is 4.19. The van der Waals surface area contributed by atoms with Gasteiger partial charge in [-0.3, -0.25) is 4.79 Å². The summed E-state index contributed by atoms with van der Waals surface area (Å²) in [5.74, 6) is 0.575. The highest BCUT2D eigenvalue weighted by Crippen LogP contribution is 2.34. The highest BCUT2D eigenvalue weighted by Gasteiger charge is 2.43. The molecule has 1 aromatic heterocycles. The molecule has 100 valence electrons. The van der Waals surface area contributed by atoms with E-state index < -0.39 is 0 Å². The van der Waals surface area contributed by atoms with Crippen molar-refractivity contribution in [1.29, 1.82) is 0 Å². The molecule has 0 saturated carbocycles. The minimum atomic E-state index is -0.216. The molecular formula is C14H22N2OS. The Hall–Kier alpha value is -0.870. The molecule has 1 aliphatic heterocycles. The summed E-state index contributed by atoms with van der Waals surface area (Å²) in [5.41, 5.74) is -0.216. The first-order chi connectivity index (χ1) is 8.54. The quantitative estimate of drug-likeness (QED) is 0.878. The molecule has 1 aromatic rings. The predicted molar refractivity (Wildman–Crippen MR) is 75.7 cm³/mol. The third-order valence-corrected chi connectivity index (χ3v) is 4.97. The number of thiophene rings is 1. The molecule has 0 radical (unpaired) electrons. The largest absolute Gasteiger partial charge is 0.351 e. The second-order valence-corrected chi connectivity index (χ2v) is 6.81. The highest BCUT2D eigenvalue weighted by atomic mass is 32.1. The second kappa shape index (κ2) is 5.41. The lowest BCUT2D eigenvalue weighted by atomic mass is 9.75. The molecule has 4 heteroatoms. The van der Waals surface area contributed by atoms with Gasteiger partial charge in [0.05, 0.1) is 12.0 Å². The van der Waals surface area contributed by atoms with E-state index in [1.54, 1.807) is 11.3 Å². The first kappa shape index (κ1) is 13.6. The van der Waals surface area contributed by atoms with Gasteiger partial charge in [-0.2, -0.15) is 0 Å². The fourth-order valence-corrected chi connectivity index (χ4v) is 3.41. The Morgan fingerprint density at radius 1 is 1.56 bits per heavy atom. The molecule has 2 heterocycles. The number of carbonyl (C=O) groups excluding carboxylic acids is 1. The van der Waals surface area contributed by atoms with Gasteiger partial charge in [0.2, 0.25) is 5.91 Å². The van der Waals surface area contributed by atoms with E-state index >= 15 is 0 Å². The Kier molecular flexibility index (Phi) is 4.07. The maximum atomic E-state index is 12.4. The summed E-state index contributed by atoms with van der Waals surface area (Å²) < 4.78 is 0. The maximum absolute atomic E-state index is 12.4. The molecule has 0 aliphatic carbocycles. The molecule has 2 N–H and O–H groups in total. The number of amides is 1. The Bertz CT molecular complexity index is 419. The Morgan fingerprint density at radius 2 is 2.33 bits per heavy atom. The smallest absolute Gasteiger partial charge is 0.228 e. The number of nitrogens with one attached hydrogen (secondary N) is 2. The fourth-order valence-electron chi connectivity index (χ4n) is 2.58. The van der Waals surface area contributed by atoms with Crippen molar-refractivity contribution in [2.45, 2.75) is 33.7 Å². The van der Waals surface area contributed by atoms with Gasteiger partial charge in [-0.05, 0) is 37.9 Å². The molecule has 1 amide bonds. The first-order valence-corrected chi connectivity index (χ1v) is 7.40. The van der Waals surface area contributed by atoms with E-state index in [-0.39, 0.29) is 11.3 Å². The van der Waals surface area contributed by atoms with Gasteiger partial charge in [-0.1, -0.05) is 13.8 Å². The van der Waals surface area contributed by atoms with Crippen LogP contribution in [0.5, 0.6) is 0 Å². The van der Waals surface area contributed by atoms with Crippen molar-refractivity contribution >= 4 is 17.2 Å². The van der Waals surface area contributed by atoms with Crippen molar-refractivity contribution in [1.82, 2.24) is 10.6 Å². The number of hydrogen-bond donors (Lipinski definition) is 2. The van der Waals surface area contributed by atoms with Crippen LogP contribution in [0.25, 0.3) is 0 Å². The molecule has 0 spiro atoms. The minimum absolute atomic E-state index is 0.202. The van der Waals surface area contributed by atoms with Gasteiger partial charge < -0.3 is 10.6 Å². The molecule has 0 bridgehead atoms. The van der Waals surface area contributed by atoms with E-state index in [4.69, 9.17) is 0 Å². The van der Waals surface area contributed by atoms with Crippen LogP contribution < -0.4 is 10.6 Å². The van der Waals surface area contributed by atoms with E-state index in [0.717, 1.165) is 19.5 Å². The van der Waals surface area contributed by atoms with Crippen LogP contribution in [0.2, 0.25) is 0 Å². The van der Waals surface area contributed by atoms with Crippen LogP contribution in [0, 0.1) is 18.3 Å². The van der Waals surface area contributed by atoms with Gasteiger partial charge >= 0.3 is 0 Å². The maximum Gasteiger partial charge on any atom is 0.228 e. The van der Waals surface area contributed by atoms with Crippen LogP contribution in [0.3, 0.4) is 0 Å². The standard InChI is InChI=1S/C14H22N2OS/c1-10(2)14(6-7-15-9-14)13(17)16-8-12-5-4-11(3)18-12/h4-5,10,15H,6-9H2,1-3H3,(H,16,17). The summed E-state index contributed by atoms with van der Waals surface area (Å²) in [4.78, 5) is 15.0. The molecule has 1 saturated heterocycles. The van der Waals surface area contributed by atoms with E-state index in [1.165, 1.54) is 9.75 Å². The summed E-state index contributed by atoms with van der Waals surface area (Å²) in [6.45, 7) is 8.78. The zero-order valence-electron chi connectivity index (χ0n) is 11.4. The average molecular weight is 266 g/mol. The number of rotatable bonds is 4. The molecule has 1 aliphatic rings. The number of aryl methyl sites for hydroxylation is 1. The zero-order valence-corrected chi connectivity index (χ0v) is 12.2. The van der Waals surface area contributed by atoms with Gasteiger partial charge in [0.25, 0.3) is 0 Å². The normalized spacial score (nSPS) is 23.6. The first-order valence-electron chi connectivity index (χ1n) is 6.59. The molecular weight excluding hydrogens is 244 g/mol. The summed E-state index contributed by atoms with van der Waals surface area (Å²) >= 11 is 1.75. The summed E-state index contributed by atoms with van der Waals surface area (Å²) in [6.07, 6.45) is 0.944. The van der Waals surface area contributed by atoms with E-state index in [2.05, 4.69) is 43.5 Å². The molecule has 1 fully saturated rings. The Morgan fingerprint density at radius 3 is 2.83 bits per heavy atom. The summed E-state index contributed by atoms with van der Waals surface area (Å²) in [7, 11) is 0. The van der Waals surface area contributed by atoms with Crippen molar-refractivity contribution in [2.75, 3.05) is 13.1 Å². The zero-order chi connectivity index (χ0) is 13.2. The molecule has 18 heavy (non-hydrogen) atoms. The van der Waals surface area contributed by atoms with Crippen molar-refractivity contribution in [2.24, 2.45) is 11.3 Å². The minimum Gasteiger partial charge on any atom is -0.351 e. The van der Waals surface area contributed by atoms with Crippen LogP contribution in [-0.4, -0.2) is 19.0 Å². The lowest BCUT2D eigenvalue weighted by Crippen LogP contribution is -2.45. The molecule has 0 aromatic carbocycles. The van der Waals surface area contributed by atoms with Crippen molar-refractivity contribution in [3.05, 3.63) is 21.9 Å². The molecule has 2 rings (SSSR count). The SMILES string of the molecule is Cc1ccc(CNC(=O)C2(C(C)C)CCNC2)s1. The molecule has 3 nitrogen and oxygen atoms in total. The Balaban J connectivity index is 1.98. The predicted octanol–water partition coefficient (Wildman–Crippen LogP) is 2.31.